The summed E-state index contributed by atoms with van der Waals surface area (Å²) in [6.45, 7) is 3.47. The second-order valence-corrected chi connectivity index (χ2v) is 5.11. The first-order valence-electron chi connectivity index (χ1n) is 6.74. The van der Waals surface area contributed by atoms with Crippen LogP contribution in [0.1, 0.15) is 20.1 Å². The van der Waals surface area contributed by atoms with E-state index in [4.69, 9.17) is 14.2 Å². The third kappa shape index (κ3) is 3.24. The summed E-state index contributed by atoms with van der Waals surface area (Å²) in [6.07, 6.45) is -1.22. The number of hydrogen-bond donors (Lipinski definition) is 2. The molecule has 0 radical (unpaired) electrons. The van der Waals surface area contributed by atoms with E-state index in [0.29, 0.717) is 0 Å². The van der Waals surface area contributed by atoms with Gasteiger partial charge in [0, 0.05) is 19.4 Å². The Labute approximate surface area is 121 Å². The molecule has 2 unspecified atom stereocenters. The maximum atomic E-state index is 11.9. The van der Waals surface area contributed by atoms with E-state index in [2.05, 4.69) is 4.98 Å². The Kier molecular flexibility index (Phi) is 4.94. The lowest BCUT2D eigenvalue weighted by atomic mass is 10.1. The molecule has 1 aliphatic rings. The average molecular weight is 300 g/mol. The Morgan fingerprint density at radius 1 is 1.43 bits per heavy atom. The molecule has 8 nitrogen and oxygen atoms in total. The molecule has 2 rings (SSSR count). The van der Waals surface area contributed by atoms with Crippen LogP contribution in [0.2, 0.25) is 0 Å². The molecule has 0 amide bonds. The molecule has 4 atom stereocenters. The molecule has 1 aromatic rings. The summed E-state index contributed by atoms with van der Waals surface area (Å²) in [5, 5.41) is 9.43. The van der Waals surface area contributed by atoms with E-state index >= 15 is 0 Å². The SMILES string of the molecule is COC1C(OC(C)C)[C@@H](CO)O[C@H]1n1ccc(=O)[nH]c1=O. The van der Waals surface area contributed by atoms with Crippen molar-refractivity contribution in [1.82, 2.24) is 9.55 Å². The van der Waals surface area contributed by atoms with Crippen LogP contribution in [-0.4, -0.2) is 52.8 Å². The van der Waals surface area contributed by atoms with Crippen LogP contribution in [0.4, 0.5) is 0 Å². The lowest BCUT2D eigenvalue weighted by Crippen LogP contribution is -2.41. The number of ether oxygens (including phenoxy) is 3. The molecule has 21 heavy (non-hydrogen) atoms. The Hall–Kier alpha value is -1.48. The number of H-pyrrole nitrogens is 1. The molecule has 2 heterocycles. The molecule has 0 spiro atoms. The van der Waals surface area contributed by atoms with Gasteiger partial charge in [-0.25, -0.2) is 4.79 Å². The molecular weight excluding hydrogens is 280 g/mol. The Bertz CT molecular complexity index is 581. The molecule has 0 aromatic carbocycles. The minimum atomic E-state index is -0.778. The molecule has 0 aliphatic carbocycles. The smallest absolute Gasteiger partial charge is 0.330 e. The summed E-state index contributed by atoms with van der Waals surface area (Å²) in [5.74, 6) is 0. The van der Waals surface area contributed by atoms with Gasteiger partial charge >= 0.3 is 5.69 Å². The molecule has 0 bridgehead atoms. The van der Waals surface area contributed by atoms with Crippen LogP contribution in [0.15, 0.2) is 21.9 Å². The summed E-state index contributed by atoms with van der Waals surface area (Å²) in [5.41, 5.74) is -1.09. The number of nitrogens with one attached hydrogen (secondary N) is 1. The fourth-order valence-electron chi connectivity index (χ4n) is 2.44. The highest BCUT2D eigenvalue weighted by atomic mass is 16.6. The lowest BCUT2D eigenvalue weighted by Gasteiger charge is -2.25. The first-order valence-corrected chi connectivity index (χ1v) is 6.74. The normalized spacial score (nSPS) is 29.2. The van der Waals surface area contributed by atoms with E-state index in [1.54, 1.807) is 0 Å². The highest BCUT2D eigenvalue weighted by Gasteiger charge is 2.47. The van der Waals surface area contributed by atoms with Gasteiger partial charge in [-0.05, 0) is 13.8 Å². The van der Waals surface area contributed by atoms with Crippen molar-refractivity contribution >= 4 is 0 Å². The molecule has 1 aliphatic heterocycles. The number of hydrogen-bond acceptors (Lipinski definition) is 6. The van der Waals surface area contributed by atoms with Crippen LogP contribution in [0, 0.1) is 0 Å². The topological polar surface area (TPSA) is 103 Å². The first-order chi connectivity index (χ1) is 9.97. The van der Waals surface area contributed by atoms with Crippen LogP contribution < -0.4 is 11.2 Å². The fourth-order valence-corrected chi connectivity index (χ4v) is 2.44. The molecule has 1 fully saturated rings. The van der Waals surface area contributed by atoms with Crippen molar-refractivity contribution in [1.29, 1.82) is 0 Å². The van der Waals surface area contributed by atoms with E-state index in [9.17, 15) is 14.7 Å². The zero-order valence-corrected chi connectivity index (χ0v) is 12.2. The minimum Gasteiger partial charge on any atom is -0.394 e. The molecule has 0 saturated carbocycles. The number of aromatic amines is 1. The summed E-state index contributed by atoms with van der Waals surface area (Å²) in [6, 6.07) is 1.22. The zero-order valence-electron chi connectivity index (χ0n) is 12.2. The van der Waals surface area contributed by atoms with Crippen molar-refractivity contribution < 1.29 is 19.3 Å². The summed E-state index contributed by atoms with van der Waals surface area (Å²) in [4.78, 5) is 25.2. The molecular formula is C13H20N2O6. The maximum absolute atomic E-state index is 11.9. The quantitative estimate of drug-likeness (QED) is 0.740. The minimum absolute atomic E-state index is 0.0867. The number of methoxy groups -OCH3 is 1. The van der Waals surface area contributed by atoms with Crippen molar-refractivity contribution in [2.75, 3.05) is 13.7 Å². The maximum Gasteiger partial charge on any atom is 0.330 e. The molecule has 2 N–H and O–H groups in total. The molecule has 118 valence electrons. The summed E-state index contributed by atoms with van der Waals surface area (Å²) in [7, 11) is 1.48. The second kappa shape index (κ2) is 6.52. The van der Waals surface area contributed by atoms with Gasteiger partial charge in [-0.15, -0.1) is 0 Å². The van der Waals surface area contributed by atoms with Gasteiger partial charge < -0.3 is 19.3 Å². The van der Waals surface area contributed by atoms with Crippen LogP contribution in [-0.2, 0) is 14.2 Å². The Balaban J connectivity index is 2.35. The number of nitrogens with zero attached hydrogens (tertiary/aromatic N) is 1. The highest BCUT2D eigenvalue weighted by Crippen LogP contribution is 2.32. The molecule has 1 aromatic heterocycles. The highest BCUT2D eigenvalue weighted by molar-refractivity contribution is 4.94. The van der Waals surface area contributed by atoms with Crippen molar-refractivity contribution in [3.8, 4) is 0 Å². The van der Waals surface area contributed by atoms with Crippen molar-refractivity contribution in [3.05, 3.63) is 33.1 Å². The largest absolute Gasteiger partial charge is 0.394 e. The number of aromatic nitrogens is 2. The number of rotatable bonds is 5. The van der Waals surface area contributed by atoms with E-state index < -0.39 is 35.8 Å². The zero-order chi connectivity index (χ0) is 15.6. The summed E-state index contributed by atoms with van der Waals surface area (Å²) >= 11 is 0. The monoisotopic (exact) mass is 300 g/mol. The fraction of sp³-hybridized carbons (Fsp3) is 0.692. The van der Waals surface area contributed by atoms with Crippen molar-refractivity contribution in [3.63, 3.8) is 0 Å². The lowest BCUT2D eigenvalue weighted by molar-refractivity contribution is -0.0846. The van der Waals surface area contributed by atoms with Crippen LogP contribution in [0.25, 0.3) is 0 Å². The number of aliphatic hydroxyl groups is 1. The average Bonchev–Trinajstić information content (AvgIpc) is 2.75. The van der Waals surface area contributed by atoms with E-state index in [1.807, 2.05) is 13.8 Å². The van der Waals surface area contributed by atoms with Gasteiger partial charge in [-0.2, -0.15) is 0 Å². The standard InChI is InChI=1S/C13H20N2O6/c1-7(2)20-10-8(6-16)21-12(11(10)19-3)15-5-4-9(17)14-13(15)18/h4-5,7-8,10-12,16H,6H2,1-3H3,(H,14,17,18)/t8-,10?,11?,12-/m1/s1. The van der Waals surface area contributed by atoms with Gasteiger partial charge in [-0.1, -0.05) is 0 Å². The van der Waals surface area contributed by atoms with Crippen LogP contribution in [0.3, 0.4) is 0 Å². The predicted molar refractivity (Wildman–Crippen MR) is 73.1 cm³/mol. The predicted octanol–water partition coefficient (Wildman–Crippen LogP) is -0.765. The molecule has 1 saturated heterocycles. The van der Waals surface area contributed by atoms with Gasteiger partial charge in [0.2, 0.25) is 0 Å². The summed E-state index contributed by atoms with van der Waals surface area (Å²) < 4.78 is 18.0. The van der Waals surface area contributed by atoms with Gasteiger partial charge in [-0.3, -0.25) is 14.3 Å². The van der Waals surface area contributed by atoms with Crippen LogP contribution in [0.5, 0.6) is 0 Å². The first kappa shape index (κ1) is 15.9. The van der Waals surface area contributed by atoms with Gasteiger partial charge in [0.25, 0.3) is 5.56 Å². The van der Waals surface area contributed by atoms with E-state index in [-0.39, 0.29) is 12.7 Å². The third-order valence-corrected chi connectivity index (χ3v) is 3.29. The van der Waals surface area contributed by atoms with E-state index in [1.165, 1.54) is 23.9 Å². The van der Waals surface area contributed by atoms with E-state index in [0.717, 1.165) is 0 Å². The van der Waals surface area contributed by atoms with Crippen molar-refractivity contribution in [2.24, 2.45) is 0 Å². The van der Waals surface area contributed by atoms with Gasteiger partial charge in [0.15, 0.2) is 6.23 Å². The third-order valence-electron chi connectivity index (χ3n) is 3.29. The van der Waals surface area contributed by atoms with Crippen LogP contribution >= 0.6 is 0 Å². The van der Waals surface area contributed by atoms with Gasteiger partial charge in [0.1, 0.15) is 18.3 Å². The Morgan fingerprint density at radius 3 is 2.67 bits per heavy atom. The second-order valence-electron chi connectivity index (χ2n) is 5.11. The number of aliphatic hydroxyl groups excluding tert-OH is 1. The Morgan fingerprint density at radius 2 is 2.14 bits per heavy atom. The van der Waals surface area contributed by atoms with Gasteiger partial charge in [0.05, 0.1) is 12.7 Å². The van der Waals surface area contributed by atoms with Crippen molar-refractivity contribution in [2.45, 2.75) is 44.5 Å². The molecule has 8 heteroatoms.